The smallest absolute Gasteiger partial charge is 0.332 e. The van der Waals surface area contributed by atoms with Gasteiger partial charge in [-0.05, 0) is 9.39 Å². The molecule has 54 valence electrons. The topological polar surface area (TPSA) is 80.9 Å². The van der Waals surface area contributed by atoms with Crippen molar-refractivity contribution >= 4 is 15.2 Å². The van der Waals surface area contributed by atoms with E-state index in [1.165, 1.54) is 0 Å². The zero-order valence-electron chi connectivity index (χ0n) is 5.00. The van der Waals surface area contributed by atoms with Crippen LogP contribution in [-0.2, 0) is 0 Å². The van der Waals surface area contributed by atoms with E-state index in [1.807, 2.05) is 4.98 Å². The van der Waals surface area contributed by atoms with Crippen LogP contribution in [0.5, 0.6) is 0 Å². The van der Waals surface area contributed by atoms with Gasteiger partial charge in [0.1, 0.15) is 5.82 Å². The lowest BCUT2D eigenvalue weighted by Gasteiger charge is -1.97. The normalized spacial score (nSPS) is 9.70. The lowest BCUT2D eigenvalue weighted by Crippen LogP contribution is -2.26. The third-order valence-electron chi connectivity index (χ3n) is 1.01. The van der Waals surface area contributed by atoms with Crippen molar-refractivity contribution in [1.82, 2.24) is 9.32 Å². The van der Waals surface area contributed by atoms with Crippen molar-refractivity contribution in [3.63, 3.8) is 0 Å². The Kier molecular flexibility index (Phi) is 1.59. The average Bonchev–Trinajstić information content (AvgIpc) is 1.82. The van der Waals surface area contributed by atoms with E-state index in [4.69, 9.17) is 5.73 Å². The van der Waals surface area contributed by atoms with Crippen molar-refractivity contribution in [2.24, 2.45) is 0 Å². The first-order chi connectivity index (χ1) is 4.61. The Labute approximate surface area is 58.1 Å². The van der Waals surface area contributed by atoms with Gasteiger partial charge in [-0.15, -0.1) is 0 Å². The van der Waals surface area contributed by atoms with Crippen LogP contribution in [0.15, 0.2) is 15.7 Å². The molecule has 0 aromatic carbocycles. The monoisotopic (exact) mass is 159 g/mol. The van der Waals surface area contributed by atoms with Gasteiger partial charge >= 0.3 is 5.69 Å². The van der Waals surface area contributed by atoms with Gasteiger partial charge in [0.2, 0.25) is 0 Å². The molecule has 6 heteroatoms. The van der Waals surface area contributed by atoms with Crippen LogP contribution in [0.4, 0.5) is 5.82 Å². The number of hydrogen-bond acceptors (Lipinski definition) is 3. The lowest BCUT2D eigenvalue weighted by atomic mass is 10.6. The second kappa shape index (κ2) is 2.27. The highest BCUT2D eigenvalue weighted by Crippen LogP contribution is 1.94. The number of anilines is 1. The number of nitrogens with two attached hydrogens (primary N) is 1. The van der Waals surface area contributed by atoms with E-state index < -0.39 is 11.2 Å². The molecule has 0 bridgehead atoms. The Morgan fingerprint density at radius 3 is 2.70 bits per heavy atom. The molecule has 0 aliphatic carbocycles. The minimum atomic E-state index is -0.532. The number of aromatic nitrogens is 2. The van der Waals surface area contributed by atoms with Crippen molar-refractivity contribution in [1.29, 1.82) is 0 Å². The fourth-order valence-electron chi connectivity index (χ4n) is 0.523. The minimum absolute atomic E-state index is 0.124. The molecule has 1 rings (SSSR count). The van der Waals surface area contributed by atoms with Gasteiger partial charge in [-0.1, -0.05) is 0 Å². The molecule has 1 unspecified atom stereocenters. The van der Waals surface area contributed by atoms with E-state index >= 15 is 0 Å². The summed E-state index contributed by atoms with van der Waals surface area (Å²) in [6, 6.07) is 1.13. The molecule has 0 saturated carbocycles. The van der Waals surface area contributed by atoms with Crippen molar-refractivity contribution in [3.8, 4) is 0 Å². The van der Waals surface area contributed by atoms with Gasteiger partial charge in [0.15, 0.2) is 0 Å². The fraction of sp³-hybridized carbons (Fsp3) is 0. The first-order valence-corrected chi connectivity index (χ1v) is 3.00. The van der Waals surface area contributed by atoms with Crippen LogP contribution in [0.25, 0.3) is 0 Å². The molecule has 1 atom stereocenters. The number of aromatic amines is 1. The summed E-state index contributed by atoms with van der Waals surface area (Å²) in [6.07, 6.45) is 0. The number of nitrogen functional groups attached to an aromatic ring is 1. The van der Waals surface area contributed by atoms with E-state index in [-0.39, 0.29) is 5.82 Å². The maximum absolute atomic E-state index is 10.7. The maximum atomic E-state index is 10.7. The van der Waals surface area contributed by atoms with Crippen molar-refractivity contribution in [2.45, 2.75) is 0 Å². The van der Waals surface area contributed by atoms with Crippen LogP contribution in [0.3, 0.4) is 0 Å². The largest absolute Gasteiger partial charge is 0.385 e. The lowest BCUT2D eigenvalue weighted by molar-refractivity contribution is 1.00. The maximum Gasteiger partial charge on any atom is 0.332 e. The molecule has 1 heterocycles. The van der Waals surface area contributed by atoms with E-state index in [9.17, 15) is 9.59 Å². The van der Waals surface area contributed by atoms with Crippen LogP contribution < -0.4 is 17.0 Å². The van der Waals surface area contributed by atoms with Gasteiger partial charge in [0.25, 0.3) is 5.56 Å². The molecule has 0 fully saturated rings. The minimum Gasteiger partial charge on any atom is -0.385 e. The van der Waals surface area contributed by atoms with E-state index in [0.717, 1.165) is 10.4 Å². The SMILES string of the molecule is Nc1cc(=O)[nH]c(=O)n1P. The second-order valence-electron chi connectivity index (χ2n) is 1.73. The predicted octanol–water partition coefficient (Wildman–Crippen LogP) is -1.24. The fourth-order valence-corrected chi connectivity index (χ4v) is 0.662. The first kappa shape index (κ1) is 7.02. The summed E-state index contributed by atoms with van der Waals surface area (Å²) in [7, 11) is 2.08. The van der Waals surface area contributed by atoms with Gasteiger partial charge in [-0.2, -0.15) is 0 Å². The molecule has 0 radical (unpaired) electrons. The Bertz CT molecular complexity index is 352. The van der Waals surface area contributed by atoms with Crippen molar-refractivity contribution in [3.05, 3.63) is 26.9 Å². The van der Waals surface area contributed by atoms with Gasteiger partial charge in [0.05, 0.1) is 0 Å². The molecule has 0 amide bonds. The van der Waals surface area contributed by atoms with Crippen LogP contribution in [0.1, 0.15) is 0 Å². The third kappa shape index (κ3) is 1.09. The molecule has 0 saturated heterocycles. The average molecular weight is 159 g/mol. The molecular formula is C4H6N3O2P. The number of hydrogen-bond donors (Lipinski definition) is 2. The van der Waals surface area contributed by atoms with E-state index in [1.54, 1.807) is 0 Å². The van der Waals surface area contributed by atoms with Crippen molar-refractivity contribution in [2.75, 3.05) is 5.73 Å². The zero-order valence-corrected chi connectivity index (χ0v) is 6.15. The van der Waals surface area contributed by atoms with Crippen LogP contribution in [0.2, 0.25) is 0 Å². The molecular weight excluding hydrogens is 153 g/mol. The highest BCUT2D eigenvalue weighted by atomic mass is 31.0. The molecule has 1 aromatic heterocycles. The summed E-state index contributed by atoms with van der Waals surface area (Å²) in [4.78, 5) is 23.2. The summed E-state index contributed by atoms with van der Waals surface area (Å²) >= 11 is 0. The molecule has 0 spiro atoms. The number of nitrogens with zero attached hydrogens (tertiary/aromatic N) is 1. The summed E-state index contributed by atoms with van der Waals surface area (Å²) in [5.41, 5.74) is 4.23. The summed E-state index contributed by atoms with van der Waals surface area (Å²) in [6.45, 7) is 0. The van der Waals surface area contributed by atoms with Gasteiger partial charge in [0, 0.05) is 6.07 Å². The summed E-state index contributed by atoms with van der Waals surface area (Å²) in [5, 5.41) is 0. The Morgan fingerprint density at radius 2 is 2.20 bits per heavy atom. The standard InChI is InChI=1S/C4H6N3O2P/c5-2-1-3(8)6-4(9)7(2)10/h1H,5,10H2,(H,6,8,9). The molecule has 1 aromatic rings. The Balaban J connectivity index is 3.62. The van der Waals surface area contributed by atoms with Crippen LogP contribution in [0, 0.1) is 0 Å². The molecule has 5 nitrogen and oxygen atoms in total. The van der Waals surface area contributed by atoms with E-state index in [0.29, 0.717) is 0 Å². The van der Waals surface area contributed by atoms with Gasteiger partial charge < -0.3 is 5.73 Å². The number of nitrogens with one attached hydrogen (secondary N) is 1. The summed E-state index contributed by atoms with van der Waals surface area (Å²) in [5.74, 6) is 0.124. The molecule has 10 heavy (non-hydrogen) atoms. The quantitative estimate of drug-likeness (QED) is 0.464. The summed E-state index contributed by atoms with van der Waals surface area (Å²) < 4.78 is 1.07. The predicted molar refractivity (Wildman–Crippen MR) is 40.8 cm³/mol. The second-order valence-corrected chi connectivity index (χ2v) is 2.25. The third-order valence-corrected chi connectivity index (χ3v) is 1.54. The zero-order chi connectivity index (χ0) is 7.72. The molecule has 3 N–H and O–H groups in total. The first-order valence-electron chi connectivity index (χ1n) is 2.48. The number of rotatable bonds is 0. The van der Waals surface area contributed by atoms with E-state index in [2.05, 4.69) is 9.39 Å². The van der Waals surface area contributed by atoms with Crippen LogP contribution in [-0.4, -0.2) is 9.32 Å². The molecule has 0 aliphatic heterocycles. The van der Waals surface area contributed by atoms with Gasteiger partial charge in [-0.3, -0.25) is 14.1 Å². The highest BCUT2D eigenvalue weighted by Gasteiger charge is 1.94. The van der Waals surface area contributed by atoms with Gasteiger partial charge in [-0.25, -0.2) is 4.79 Å². The Hall–Kier alpha value is -1.09. The Morgan fingerprint density at radius 1 is 1.60 bits per heavy atom. The van der Waals surface area contributed by atoms with Crippen molar-refractivity contribution < 1.29 is 0 Å². The number of H-pyrrole nitrogens is 1. The van der Waals surface area contributed by atoms with Crippen LogP contribution >= 0.6 is 9.39 Å². The highest BCUT2D eigenvalue weighted by molar-refractivity contribution is 7.14. The molecule has 0 aliphatic rings.